The molecule has 0 radical (unpaired) electrons. The molecule has 0 aliphatic carbocycles. The molecule has 0 heterocycles. The summed E-state index contributed by atoms with van der Waals surface area (Å²) in [7, 11) is -4.75. The normalized spacial score (nSPS) is 12.3. The monoisotopic (exact) mass is 761 g/mol. The van der Waals surface area contributed by atoms with E-state index in [0.29, 0.717) is 6.42 Å². The summed E-state index contributed by atoms with van der Waals surface area (Å²) in [6.07, 6.45) is 42.6. The van der Waals surface area contributed by atoms with Crippen molar-refractivity contribution in [1.29, 1.82) is 0 Å². The van der Waals surface area contributed by atoms with Crippen molar-refractivity contribution >= 4 is 19.8 Å². The van der Waals surface area contributed by atoms with Gasteiger partial charge in [0, 0.05) is 12.8 Å². The van der Waals surface area contributed by atoms with Crippen LogP contribution in [-0.4, -0.2) is 41.0 Å². The molecule has 0 aliphatic rings. The van der Waals surface area contributed by atoms with Gasteiger partial charge in [-0.1, -0.05) is 219 Å². The van der Waals surface area contributed by atoms with Crippen molar-refractivity contribution in [3.05, 3.63) is 0 Å². The number of unbranched alkanes of at least 4 members (excludes halogenated alkanes) is 32. The largest absolute Gasteiger partial charge is 0.469 e. The number of ether oxygens (including phenoxy) is 2. The second kappa shape index (κ2) is 39.7. The Hall–Kier alpha value is -0.950. The van der Waals surface area contributed by atoms with Crippen LogP contribution >= 0.6 is 7.82 Å². The topological polar surface area (TPSA) is 119 Å². The van der Waals surface area contributed by atoms with E-state index in [1.54, 1.807) is 0 Å². The maximum atomic E-state index is 12.4. The number of rotatable bonds is 42. The van der Waals surface area contributed by atoms with Crippen molar-refractivity contribution in [3.8, 4) is 0 Å². The van der Waals surface area contributed by atoms with Gasteiger partial charge in [-0.3, -0.25) is 14.1 Å². The summed E-state index contributed by atoms with van der Waals surface area (Å²) in [5.74, 6) is -0.866. The van der Waals surface area contributed by atoms with E-state index in [0.717, 1.165) is 32.1 Å². The molecule has 0 rings (SSSR count). The van der Waals surface area contributed by atoms with Gasteiger partial charge in [-0.25, -0.2) is 4.57 Å². The summed E-state index contributed by atoms with van der Waals surface area (Å²) >= 11 is 0. The zero-order valence-electron chi connectivity index (χ0n) is 34.2. The lowest BCUT2D eigenvalue weighted by Gasteiger charge is -2.18. The fourth-order valence-electron chi connectivity index (χ4n) is 6.79. The molecule has 8 nitrogen and oxygen atoms in total. The Kier molecular flexibility index (Phi) is 39.0. The van der Waals surface area contributed by atoms with Crippen molar-refractivity contribution < 1.29 is 37.9 Å². The number of carbonyl (C=O) groups excluding carboxylic acids is 2. The Balaban J connectivity index is 3.81. The van der Waals surface area contributed by atoms with Crippen molar-refractivity contribution in [2.24, 2.45) is 0 Å². The van der Waals surface area contributed by atoms with Gasteiger partial charge in [-0.05, 0) is 12.8 Å². The van der Waals surface area contributed by atoms with Crippen LogP contribution in [0.15, 0.2) is 0 Å². The molecule has 0 aromatic rings. The van der Waals surface area contributed by atoms with Crippen LogP contribution in [0.2, 0.25) is 0 Å². The van der Waals surface area contributed by atoms with Crippen molar-refractivity contribution in [2.45, 2.75) is 251 Å². The molecule has 0 aromatic carbocycles. The molecule has 1 atom stereocenters. The van der Waals surface area contributed by atoms with Crippen LogP contribution < -0.4 is 0 Å². The zero-order chi connectivity index (χ0) is 38.2. The van der Waals surface area contributed by atoms with Gasteiger partial charge in [0.25, 0.3) is 0 Å². The minimum absolute atomic E-state index is 0.221. The minimum Gasteiger partial charge on any atom is -0.462 e. The first kappa shape index (κ1) is 51.0. The highest BCUT2D eigenvalue weighted by Crippen LogP contribution is 2.36. The standard InChI is InChI=1S/C43H85O8P/c1-3-5-7-9-11-13-15-17-19-20-21-22-23-24-26-28-30-32-34-36-38-43(45)51-41(40-50-52(46,47)48)39-49-42(44)37-35-33-31-29-27-25-18-16-14-12-10-8-6-4-2/h41H,3-40H2,1-2H3,(H2,46,47,48)/t41-/m1/s1. The van der Waals surface area contributed by atoms with Crippen LogP contribution in [0.1, 0.15) is 245 Å². The van der Waals surface area contributed by atoms with E-state index in [2.05, 4.69) is 18.4 Å². The number of hydrogen-bond acceptors (Lipinski definition) is 6. The molecule has 9 heteroatoms. The van der Waals surface area contributed by atoms with Crippen LogP contribution in [0.4, 0.5) is 0 Å². The molecule has 52 heavy (non-hydrogen) atoms. The summed E-state index contributed by atoms with van der Waals surface area (Å²) in [5, 5.41) is 0. The molecule has 310 valence electrons. The summed E-state index contributed by atoms with van der Waals surface area (Å²) < 4.78 is 26.4. The zero-order valence-corrected chi connectivity index (χ0v) is 35.1. The highest BCUT2D eigenvalue weighted by Gasteiger charge is 2.23. The van der Waals surface area contributed by atoms with Gasteiger partial charge in [0.15, 0.2) is 6.10 Å². The van der Waals surface area contributed by atoms with Gasteiger partial charge in [-0.15, -0.1) is 0 Å². The minimum atomic E-state index is -4.75. The molecule has 0 spiro atoms. The molecular weight excluding hydrogens is 675 g/mol. The molecule has 0 aromatic heterocycles. The van der Waals surface area contributed by atoms with Crippen molar-refractivity contribution in [1.82, 2.24) is 0 Å². The van der Waals surface area contributed by atoms with Crippen molar-refractivity contribution in [3.63, 3.8) is 0 Å². The Bertz CT molecular complexity index is 817. The number of esters is 2. The predicted octanol–water partition coefficient (Wildman–Crippen LogP) is 13.6. The van der Waals surface area contributed by atoms with Gasteiger partial charge in [0.2, 0.25) is 0 Å². The summed E-state index contributed by atoms with van der Waals surface area (Å²) in [4.78, 5) is 42.9. The fraction of sp³-hybridized carbons (Fsp3) is 0.953. The lowest BCUT2D eigenvalue weighted by atomic mass is 10.0. The van der Waals surface area contributed by atoms with Crippen LogP contribution in [0.3, 0.4) is 0 Å². The maximum Gasteiger partial charge on any atom is 0.469 e. The Labute approximate surface area is 321 Å². The first-order valence-corrected chi connectivity index (χ1v) is 23.9. The van der Waals surface area contributed by atoms with Crippen LogP contribution in [-0.2, 0) is 28.2 Å². The molecule has 0 aliphatic heterocycles. The third-order valence-electron chi connectivity index (χ3n) is 10.1. The second-order valence-electron chi connectivity index (χ2n) is 15.4. The highest BCUT2D eigenvalue weighted by molar-refractivity contribution is 7.46. The molecule has 0 saturated heterocycles. The molecule has 0 saturated carbocycles. The molecule has 0 unspecified atom stereocenters. The molecule has 0 amide bonds. The van der Waals surface area contributed by atoms with E-state index in [4.69, 9.17) is 19.3 Å². The van der Waals surface area contributed by atoms with Crippen LogP contribution in [0, 0.1) is 0 Å². The number of phosphoric acid groups is 1. The van der Waals surface area contributed by atoms with E-state index < -0.39 is 32.5 Å². The SMILES string of the molecule is CCCCCCCCCCCCCCCCCCCCCCC(=O)O[C@H](COC(=O)CCCCCCCCCCCCCCCC)COP(=O)(O)O. The van der Waals surface area contributed by atoms with Crippen molar-refractivity contribution in [2.75, 3.05) is 13.2 Å². The van der Waals surface area contributed by atoms with Crippen LogP contribution in [0.25, 0.3) is 0 Å². The first-order valence-electron chi connectivity index (χ1n) is 22.3. The predicted molar refractivity (Wildman–Crippen MR) is 216 cm³/mol. The highest BCUT2D eigenvalue weighted by atomic mass is 31.2. The smallest absolute Gasteiger partial charge is 0.462 e. The van der Waals surface area contributed by atoms with Crippen LogP contribution in [0.5, 0.6) is 0 Å². The average Bonchev–Trinajstić information content (AvgIpc) is 3.11. The third-order valence-corrected chi connectivity index (χ3v) is 10.6. The molecular formula is C43H85O8P. The first-order chi connectivity index (χ1) is 25.3. The quantitative estimate of drug-likeness (QED) is 0.0358. The molecule has 2 N–H and O–H groups in total. The van der Waals surface area contributed by atoms with Gasteiger partial charge < -0.3 is 19.3 Å². The van der Waals surface area contributed by atoms with Gasteiger partial charge >= 0.3 is 19.8 Å². The Morgan fingerprint density at radius 3 is 0.981 bits per heavy atom. The number of carbonyl (C=O) groups is 2. The molecule has 0 bridgehead atoms. The second-order valence-corrected chi connectivity index (χ2v) is 16.6. The van der Waals surface area contributed by atoms with E-state index in [-0.39, 0.29) is 19.4 Å². The van der Waals surface area contributed by atoms with E-state index in [9.17, 15) is 14.2 Å². The lowest BCUT2D eigenvalue weighted by molar-refractivity contribution is -0.161. The van der Waals surface area contributed by atoms with E-state index in [1.165, 1.54) is 180 Å². The lowest BCUT2D eigenvalue weighted by Crippen LogP contribution is -2.29. The molecule has 0 fully saturated rings. The number of phosphoric ester groups is 1. The summed E-state index contributed by atoms with van der Waals surface area (Å²) in [6, 6.07) is 0. The maximum absolute atomic E-state index is 12.4. The Morgan fingerprint density at radius 1 is 0.423 bits per heavy atom. The Morgan fingerprint density at radius 2 is 0.692 bits per heavy atom. The van der Waals surface area contributed by atoms with Gasteiger partial charge in [-0.2, -0.15) is 0 Å². The average molecular weight is 761 g/mol. The van der Waals surface area contributed by atoms with E-state index >= 15 is 0 Å². The number of hydrogen-bond donors (Lipinski definition) is 2. The van der Waals surface area contributed by atoms with E-state index in [1.807, 2.05) is 0 Å². The van der Waals surface area contributed by atoms with Gasteiger partial charge in [0.1, 0.15) is 6.61 Å². The fourth-order valence-corrected chi connectivity index (χ4v) is 7.15. The summed E-state index contributed by atoms with van der Waals surface area (Å²) in [6.45, 7) is 3.73. The third kappa shape index (κ3) is 41.8. The summed E-state index contributed by atoms with van der Waals surface area (Å²) in [5.41, 5.74) is 0. The van der Waals surface area contributed by atoms with Gasteiger partial charge in [0.05, 0.1) is 6.61 Å².